The van der Waals surface area contributed by atoms with Crippen LogP contribution in [0.4, 0.5) is 0 Å². The van der Waals surface area contributed by atoms with Gasteiger partial charge in [-0.1, -0.05) is 38.4 Å². The minimum absolute atomic E-state index is 0.158. The predicted molar refractivity (Wildman–Crippen MR) is 39.6 cm³/mol. The molecule has 0 aliphatic carbocycles. The molecule has 0 aromatic carbocycles. The van der Waals surface area contributed by atoms with Crippen molar-refractivity contribution in [2.24, 2.45) is 5.92 Å². The standard InChI is InChI=1S/C7H15Si/c1-7-4-3-5-8(2)6-7/h7H,3-6H2,1-2H3/t7-/m0/s1. The van der Waals surface area contributed by atoms with E-state index >= 15 is 0 Å². The minimum Gasteiger partial charge on any atom is -0.0711 e. The van der Waals surface area contributed by atoms with E-state index in [9.17, 15) is 0 Å². The maximum absolute atomic E-state index is 2.47. The van der Waals surface area contributed by atoms with Gasteiger partial charge in [-0.05, 0) is 5.92 Å². The van der Waals surface area contributed by atoms with Crippen LogP contribution in [0.15, 0.2) is 0 Å². The predicted octanol–water partition coefficient (Wildman–Crippen LogP) is 2.54. The summed E-state index contributed by atoms with van der Waals surface area (Å²) >= 11 is 0. The Hall–Kier alpha value is 0.217. The van der Waals surface area contributed by atoms with Crippen molar-refractivity contribution in [2.45, 2.75) is 38.4 Å². The lowest BCUT2D eigenvalue weighted by molar-refractivity contribution is 0.545. The first-order valence-corrected chi connectivity index (χ1v) is 6.02. The molecular weight excluding hydrogens is 112 g/mol. The molecule has 47 valence electrons. The Morgan fingerprint density at radius 3 is 2.62 bits per heavy atom. The molecule has 0 spiro atoms. The molecule has 1 aliphatic heterocycles. The van der Waals surface area contributed by atoms with Crippen molar-refractivity contribution in [3.63, 3.8) is 0 Å². The Kier molecular flexibility index (Phi) is 2.12. The van der Waals surface area contributed by atoms with E-state index in [1.165, 1.54) is 12.8 Å². The topological polar surface area (TPSA) is 0 Å². The molecule has 0 aromatic heterocycles. The number of rotatable bonds is 0. The zero-order valence-electron chi connectivity index (χ0n) is 5.91. The van der Waals surface area contributed by atoms with Crippen LogP contribution in [0.1, 0.15) is 19.8 Å². The second kappa shape index (κ2) is 2.67. The number of hydrogen-bond acceptors (Lipinski definition) is 0. The van der Waals surface area contributed by atoms with E-state index in [-0.39, 0.29) is 8.80 Å². The molecule has 1 heterocycles. The van der Waals surface area contributed by atoms with Gasteiger partial charge in [-0.15, -0.1) is 0 Å². The van der Waals surface area contributed by atoms with Crippen molar-refractivity contribution in [2.75, 3.05) is 0 Å². The molecular formula is C7H15Si. The molecule has 0 bridgehead atoms. The molecule has 0 unspecified atom stereocenters. The second-order valence-corrected chi connectivity index (χ2v) is 5.98. The smallest absolute Gasteiger partial charge is 0.0448 e. The number of hydrogen-bond donors (Lipinski definition) is 0. The van der Waals surface area contributed by atoms with Crippen molar-refractivity contribution in [1.82, 2.24) is 0 Å². The highest BCUT2D eigenvalue weighted by Crippen LogP contribution is 2.23. The van der Waals surface area contributed by atoms with E-state index in [4.69, 9.17) is 0 Å². The van der Waals surface area contributed by atoms with Crippen LogP contribution < -0.4 is 0 Å². The van der Waals surface area contributed by atoms with E-state index in [1.807, 2.05) is 0 Å². The molecule has 1 atom stereocenters. The maximum Gasteiger partial charge on any atom is 0.0448 e. The Balaban J connectivity index is 2.23. The first-order valence-electron chi connectivity index (χ1n) is 3.60. The van der Waals surface area contributed by atoms with Gasteiger partial charge in [-0.3, -0.25) is 0 Å². The van der Waals surface area contributed by atoms with Crippen LogP contribution in [0.2, 0.25) is 18.6 Å². The highest BCUT2D eigenvalue weighted by Gasteiger charge is 2.15. The molecule has 1 heteroatoms. The SMILES string of the molecule is C[C@H]1CCC[Si](C)C1. The van der Waals surface area contributed by atoms with Gasteiger partial charge in [0.2, 0.25) is 0 Å². The van der Waals surface area contributed by atoms with Crippen molar-refractivity contribution >= 4 is 8.80 Å². The first-order chi connectivity index (χ1) is 3.79. The first kappa shape index (κ1) is 6.34. The molecule has 1 aliphatic rings. The van der Waals surface area contributed by atoms with E-state index in [2.05, 4.69) is 13.5 Å². The molecule has 1 radical (unpaired) electrons. The summed E-state index contributed by atoms with van der Waals surface area (Å²) in [4.78, 5) is 0. The van der Waals surface area contributed by atoms with Gasteiger partial charge in [-0.25, -0.2) is 0 Å². The average molecular weight is 127 g/mol. The molecule has 1 saturated heterocycles. The van der Waals surface area contributed by atoms with Crippen LogP contribution in [-0.4, -0.2) is 8.80 Å². The van der Waals surface area contributed by atoms with Gasteiger partial charge in [0.05, 0.1) is 0 Å². The Labute approximate surface area is 53.9 Å². The van der Waals surface area contributed by atoms with Gasteiger partial charge >= 0.3 is 0 Å². The van der Waals surface area contributed by atoms with Crippen LogP contribution in [-0.2, 0) is 0 Å². The van der Waals surface area contributed by atoms with E-state index in [1.54, 1.807) is 12.1 Å². The summed E-state index contributed by atoms with van der Waals surface area (Å²) in [5.74, 6) is 1.06. The molecule has 0 saturated carbocycles. The van der Waals surface area contributed by atoms with Crippen LogP contribution in [0, 0.1) is 5.92 Å². The zero-order valence-corrected chi connectivity index (χ0v) is 6.91. The van der Waals surface area contributed by atoms with E-state index < -0.39 is 0 Å². The summed E-state index contributed by atoms with van der Waals surface area (Å²) in [5, 5.41) is 0. The average Bonchev–Trinajstić information content (AvgIpc) is 1.64. The van der Waals surface area contributed by atoms with Crippen molar-refractivity contribution in [3.8, 4) is 0 Å². The third-order valence-corrected chi connectivity index (χ3v) is 4.60. The van der Waals surface area contributed by atoms with Gasteiger partial charge in [0, 0.05) is 8.80 Å². The summed E-state index contributed by atoms with van der Waals surface area (Å²) in [6.07, 6.45) is 3.02. The Morgan fingerprint density at radius 2 is 2.25 bits per heavy atom. The van der Waals surface area contributed by atoms with Gasteiger partial charge in [0.15, 0.2) is 0 Å². The van der Waals surface area contributed by atoms with Crippen molar-refractivity contribution in [3.05, 3.63) is 0 Å². The summed E-state index contributed by atoms with van der Waals surface area (Å²) in [6, 6.07) is 3.15. The van der Waals surface area contributed by atoms with Gasteiger partial charge in [0.25, 0.3) is 0 Å². The summed E-state index contributed by atoms with van der Waals surface area (Å²) in [5.41, 5.74) is 0. The molecule has 0 aromatic rings. The van der Waals surface area contributed by atoms with Gasteiger partial charge in [0.1, 0.15) is 0 Å². The summed E-state index contributed by atoms with van der Waals surface area (Å²) < 4.78 is 0. The van der Waals surface area contributed by atoms with Crippen molar-refractivity contribution < 1.29 is 0 Å². The molecule has 0 amide bonds. The van der Waals surface area contributed by atoms with Crippen LogP contribution >= 0.6 is 0 Å². The van der Waals surface area contributed by atoms with Crippen LogP contribution in [0.25, 0.3) is 0 Å². The molecule has 1 rings (SSSR count). The molecule has 1 fully saturated rings. The van der Waals surface area contributed by atoms with Crippen LogP contribution in [0.3, 0.4) is 0 Å². The fourth-order valence-electron chi connectivity index (χ4n) is 1.55. The second-order valence-electron chi connectivity index (χ2n) is 3.16. The third-order valence-electron chi connectivity index (χ3n) is 2.00. The lowest BCUT2D eigenvalue weighted by Crippen LogP contribution is -2.16. The highest BCUT2D eigenvalue weighted by atomic mass is 28.3. The van der Waals surface area contributed by atoms with E-state index in [0.717, 1.165) is 5.92 Å². The molecule has 0 N–H and O–H groups in total. The lowest BCUT2D eigenvalue weighted by atomic mass is 10.1. The third kappa shape index (κ3) is 1.62. The lowest BCUT2D eigenvalue weighted by Gasteiger charge is -2.21. The minimum atomic E-state index is 0.158. The monoisotopic (exact) mass is 127 g/mol. The van der Waals surface area contributed by atoms with E-state index in [0.29, 0.717) is 0 Å². The molecule has 0 nitrogen and oxygen atoms in total. The highest BCUT2D eigenvalue weighted by molar-refractivity contribution is 6.57. The quantitative estimate of drug-likeness (QED) is 0.439. The maximum atomic E-state index is 2.47. The van der Waals surface area contributed by atoms with Crippen molar-refractivity contribution in [1.29, 1.82) is 0 Å². The zero-order chi connectivity index (χ0) is 5.98. The Morgan fingerprint density at radius 1 is 1.50 bits per heavy atom. The van der Waals surface area contributed by atoms with Gasteiger partial charge < -0.3 is 0 Å². The fraction of sp³-hybridized carbons (Fsp3) is 1.00. The Bertz CT molecular complexity index is 62.8. The normalized spacial score (nSPS) is 33.0. The summed E-state index contributed by atoms with van der Waals surface area (Å²) in [7, 11) is 0.158. The van der Waals surface area contributed by atoms with Gasteiger partial charge in [-0.2, -0.15) is 0 Å². The molecule has 8 heavy (non-hydrogen) atoms. The summed E-state index contributed by atoms with van der Waals surface area (Å²) in [6.45, 7) is 4.87. The van der Waals surface area contributed by atoms with Crippen LogP contribution in [0.5, 0.6) is 0 Å². The fourth-order valence-corrected chi connectivity index (χ4v) is 3.96. The largest absolute Gasteiger partial charge is 0.0711 e.